The van der Waals surface area contributed by atoms with Gasteiger partial charge < -0.3 is 9.84 Å². The van der Waals surface area contributed by atoms with E-state index in [-0.39, 0.29) is 12.6 Å². The Hall–Kier alpha value is -0.570. The number of carbonyl (C=O) groups excluding carboxylic acids is 1. The molecule has 1 N–H and O–H groups in total. The summed E-state index contributed by atoms with van der Waals surface area (Å²) in [5, 5.41) is 9.00. The third kappa shape index (κ3) is 5.85. The minimum Gasteiger partial charge on any atom is -0.463 e. The number of hydrogen-bond donors (Lipinski definition) is 1. The average Bonchev–Trinajstić information content (AvgIpc) is 2.01. The van der Waals surface area contributed by atoms with Crippen molar-refractivity contribution in [1.29, 1.82) is 0 Å². The van der Waals surface area contributed by atoms with Crippen molar-refractivity contribution < 1.29 is 14.6 Å². The molecule has 0 aliphatic carbocycles. The molecule has 0 aliphatic heterocycles. The average molecular weight is 160 g/mol. The summed E-state index contributed by atoms with van der Waals surface area (Å²) < 4.78 is 4.75. The van der Waals surface area contributed by atoms with E-state index in [0.717, 1.165) is 6.42 Å². The molecular weight excluding hydrogens is 144 g/mol. The molecule has 0 amide bonds. The van der Waals surface area contributed by atoms with E-state index in [1.165, 1.54) is 0 Å². The van der Waals surface area contributed by atoms with Crippen molar-refractivity contribution in [1.82, 2.24) is 0 Å². The Morgan fingerprint density at radius 3 is 2.64 bits per heavy atom. The molecule has 0 radical (unpaired) electrons. The minimum absolute atomic E-state index is 0.134. The van der Waals surface area contributed by atoms with Crippen molar-refractivity contribution in [3.63, 3.8) is 0 Å². The molecule has 0 spiro atoms. The predicted molar refractivity (Wildman–Crippen MR) is 42.2 cm³/mol. The van der Waals surface area contributed by atoms with Crippen molar-refractivity contribution in [3.8, 4) is 0 Å². The Kier molecular flexibility index (Phi) is 5.84. The quantitative estimate of drug-likeness (QED) is 0.612. The summed E-state index contributed by atoms with van der Waals surface area (Å²) in [5.74, 6) is -0.222. The summed E-state index contributed by atoms with van der Waals surface area (Å²) in [4.78, 5) is 10.7. The summed E-state index contributed by atoms with van der Waals surface area (Å²) in [6.07, 6.45) is 1.35. The number of hydrogen-bond acceptors (Lipinski definition) is 3. The molecule has 0 saturated heterocycles. The van der Waals surface area contributed by atoms with Crippen molar-refractivity contribution in [2.24, 2.45) is 0 Å². The first kappa shape index (κ1) is 10.4. The molecule has 0 aromatic heterocycles. The molecule has 0 fully saturated rings. The van der Waals surface area contributed by atoms with Gasteiger partial charge in [-0.1, -0.05) is 13.8 Å². The van der Waals surface area contributed by atoms with Crippen LogP contribution in [0.1, 0.15) is 33.1 Å². The van der Waals surface area contributed by atoms with Crippen LogP contribution < -0.4 is 0 Å². The minimum atomic E-state index is -0.504. The lowest BCUT2D eigenvalue weighted by Gasteiger charge is -2.07. The molecule has 0 unspecified atom stereocenters. The molecule has 0 bridgehead atoms. The zero-order chi connectivity index (χ0) is 8.69. The second-order valence-corrected chi connectivity index (χ2v) is 2.50. The van der Waals surface area contributed by atoms with Gasteiger partial charge in [0.15, 0.2) is 0 Å². The second-order valence-electron chi connectivity index (χ2n) is 2.50. The summed E-state index contributed by atoms with van der Waals surface area (Å²) >= 11 is 0. The molecule has 11 heavy (non-hydrogen) atoms. The van der Waals surface area contributed by atoms with E-state index in [9.17, 15) is 4.79 Å². The maximum Gasteiger partial charge on any atom is 0.305 e. The van der Waals surface area contributed by atoms with Gasteiger partial charge in [0.25, 0.3) is 0 Å². The molecule has 0 aromatic rings. The highest BCUT2D eigenvalue weighted by molar-refractivity contribution is 5.69. The number of aliphatic hydroxyl groups excluding tert-OH is 1. The predicted octanol–water partition coefficient (Wildman–Crippen LogP) is 1.10. The van der Waals surface area contributed by atoms with Crippen molar-refractivity contribution in [2.75, 3.05) is 6.61 Å². The van der Waals surface area contributed by atoms with Gasteiger partial charge in [0, 0.05) is 6.42 Å². The first-order valence-electron chi connectivity index (χ1n) is 4.04. The Morgan fingerprint density at radius 2 is 2.18 bits per heavy atom. The van der Waals surface area contributed by atoms with Crippen LogP contribution in [0, 0.1) is 0 Å². The summed E-state index contributed by atoms with van der Waals surface area (Å²) in [5.41, 5.74) is 0. The Morgan fingerprint density at radius 1 is 1.55 bits per heavy atom. The van der Waals surface area contributed by atoms with Gasteiger partial charge in [-0.05, 0) is 12.8 Å². The molecule has 3 heteroatoms. The Labute approximate surface area is 67.4 Å². The molecule has 0 aromatic carbocycles. The van der Waals surface area contributed by atoms with Crippen molar-refractivity contribution in [3.05, 3.63) is 0 Å². The summed E-state index contributed by atoms with van der Waals surface area (Å²) in [6, 6.07) is 0. The lowest BCUT2D eigenvalue weighted by molar-refractivity contribution is -0.146. The fraction of sp³-hybridized carbons (Fsp3) is 0.875. The van der Waals surface area contributed by atoms with Crippen LogP contribution in [0.3, 0.4) is 0 Å². The monoisotopic (exact) mass is 160 g/mol. The number of aliphatic hydroxyl groups is 1. The van der Waals surface area contributed by atoms with Gasteiger partial charge in [-0.25, -0.2) is 0 Å². The number of esters is 1. The second kappa shape index (κ2) is 6.16. The van der Waals surface area contributed by atoms with Crippen molar-refractivity contribution >= 4 is 5.97 Å². The molecular formula is C8H16O3. The largest absolute Gasteiger partial charge is 0.463 e. The third-order valence-corrected chi connectivity index (χ3v) is 1.36. The summed E-state index contributed by atoms with van der Waals surface area (Å²) in [6.45, 7) is 3.89. The third-order valence-electron chi connectivity index (χ3n) is 1.36. The molecule has 0 aliphatic rings. The van der Waals surface area contributed by atoms with Gasteiger partial charge >= 0.3 is 5.97 Å². The fourth-order valence-electron chi connectivity index (χ4n) is 0.583. The van der Waals surface area contributed by atoms with Crippen LogP contribution >= 0.6 is 0 Å². The van der Waals surface area contributed by atoms with Gasteiger partial charge in [-0.15, -0.1) is 0 Å². The smallest absolute Gasteiger partial charge is 0.305 e. The zero-order valence-corrected chi connectivity index (χ0v) is 7.17. The van der Waals surface area contributed by atoms with E-state index in [2.05, 4.69) is 0 Å². The molecule has 1 atom stereocenters. The lowest BCUT2D eigenvalue weighted by Crippen LogP contribution is -2.17. The van der Waals surface area contributed by atoms with Crippen LogP contribution in [-0.2, 0) is 9.53 Å². The normalized spacial score (nSPS) is 12.6. The molecule has 0 saturated carbocycles. The van der Waals surface area contributed by atoms with Gasteiger partial charge in [-0.3, -0.25) is 4.79 Å². The van der Waals surface area contributed by atoms with E-state index >= 15 is 0 Å². The molecule has 3 nitrogen and oxygen atoms in total. The number of rotatable bonds is 5. The van der Waals surface area contributed by atoms with Gasteiger partial charge in [-0.2, -0.15) is 0 Å². The van der Waals surface area contributed by atoms with E-state index in [1.54, 1.807) is 0 Å². The lowest BCUT2D eigenvalue weighted by atomic mass is 10.3. The first-order valence-corrected chi connectivity index (χ1v) is 4.04. The molecule has 66 valence electrons. The van der Waals surface area contributed by atoms with Crippen LogP contribution in [0.2, 0.25) is 0 Å². The van der Waals surface area contributed by atoms with Crippen LogP contribution in [0.25, 0.3) is 0 Å². The van der Waals surface area contributed by atoms with Gasteiger partial charge in [0.1, 0.15) is 6.61 Å². The molecule has 0 heterocycles. The first-order chi connectivity index (χ1) is 5.20. The number of carbonyl (C=O) groups is 1. The molecule has 0 rings (SSSR count). The maximum absolute atomic E-state index is 10.7. The van der Waals surface area contributed by atoms with Crippen LogP contribution in [0.15, 0.2) is 0 Å². The van der Waals surface area contributed by atoms with E-state index in [1.807, 2.05) is 13.8 Å². The highest BCUT2D eigenvalue weighted by Crippen LogP contribution is 1.95. The van der Waals surface area contributed by atoms with Crippen LogP contribution in [0.5, 0.6) is 0 Å². The zero-order valence-electron chi connectivity index (χ0n) is 7.17. The van der Waals surface area contributed by atoms with Crippen molar-refractivity contribution in [2.45, 2.75) is 39.2 Å². The van der Waals surface area contributed by atoms with Gasteiger partial charge in [0.2, 0.25) is 0 Å². The SMILES string of the molecule is CCCC(=O)OC[C@@H](O)CC. The van der Waals surface area contributed by atoms with E-state index in [0.29, 0.717) is 12.8 Å². The van der Waals surface area contributed by atoms with Crippen LogP contribution in [0.4, 0.5) is 0 Å². The maximum atomic E-state index is 10.7. The topological polar surface area (TPSA) is 46.5 Å². The van der Waals surface area contributed by atoms with Gasteiger partial charge in [0.05, 0.1) is 6.10 Å². The standard InChI is InChI=1S/C8H16O3/c1-3-5-8(10)11-6-7(9)4-2/h7,9H,3-6H2,1-2H3/t7-/m0/s1. The van der Waals surface area contributed by atoms with E-state index in [4.69, 9.17) is 9.84 Å². The summed E-state index contributed by atoms with van der Waals surface area (Å²) in [7, 11) is 0. The fourth-order valence-corrected chi connectivity index (χ4v) is 0.583. The van der Waals surface area contributed by atoms with Crippen LogP contribution in [-0.4, -0.2) is 23.8 Å². The Balaban J connectivity index is 3.30. The highest BCUT2D eigenvalue weighted by atomic mass is 16.5. The number of ether oxygens (including phenoxy) is 1. The Bertz CT molecular complexity index is 112. The highest BCUT2D eigenvalue weighted by Gasteiger charge is 2.04. The van der Waals surface area contributed by atoms with E-state index < -0.39 is 6.10 Å².